The topological polar surface area (TPSA) is 69.0 Å². The molecule has 0 radical (unpaired) electrons. The van der Waals surface area contributed by atoms with Gasteiger partial charge in [-0.2, -0.15) is 0 Å². The summed E-state index contributed by atoms with van der Waals surface area (Å²) >= 11 is 0. The van der Waals surface area contributed by atoms with Crippen molar-refractivity contribution in [2.45, 2.75) is 39.7 Å². The molecule has 0 bridgehead atoms. The number of unbranched alkanes of at least 4 members (excludes halogenated alkanes) is 1. The van der Waals surface area contributed by atoms with Gasteiger partial charge < -0.3 is 14.6 Å². The number of carbonyl (C=O) groups excluding carboxylic acids is 1. The van der Waals surface area contributed by atoms with Gasteiger partial charge in [-0.3, -0.25) is 9.78 Å². The number of fused-ring (bicyclic) bond motifs is 1. The number of benzene rings is 2. The van der Waals surface area contributed by atoms with Crippen molar-refractivity contribution in [1.82, 2.24) is 19.9 Å². The predicted molar refractivity (Wildman–Crippen MR) is 131 cm³/mol. The van der Waals surface area contributed by atoms with Crippen molar-refractivity contribution in [2.75, 3.05) is 13.2 Å². The Labute approximate surface area is 194 Å². The number of ether oxygens (including phenoxy) is 1. The SMILES string of the molecule is Cc1ccc(OCCCCn2c(CCNC(=O)c3ccncc3)nc3ccccc32)c(C)c1. The molecule has 0 spiro atoms. The molecule has 4 aromatic rings. The number of rotatable bonds is 10. The highest BCUT2D eigenvalue weighted by Crippen LogP contribution is 2.20. The molecule has 2 aromatic heterocycles. The molecule has 170 valence electrons. The highest BCUT2D eigenvalue weighted by atomic mass is 16.5. The van der Waals surface area contributed by atoms with Gasteiger partial charge in [0.2, 0.25) is 0 Å². The van der Waals surface area contributed by atoms with Crippen LogP contribution in [-0.4, -0.2) is 33.6 Å². The van der Waals surface area contributed by atoms with E-state index < -0.39 is 0 Å². The number of hydrogen-bond donors (Lipinski definition) is 1. The van der Waals surface area contributed by atoms with Gasteiger partial charge >= 0.3 is 0 Å². The highest BCUT2D eigenvalue weighted by molar-refractivity contribution is 5.93. The third-order valence-corrected chi connectivity index (χ3v) is 5.67. The van der Waals surface area contributed by atoms with Crippen molar-refractivity contribution < 1.29 is 9.53 Å². The molecule has 33 heavy (non-hydrogen) atoms. The molecule has 0 unspecified atom stereocenters. The van der Waals surface area contributed by atoms with Crippen LogP contribution in [0, 0.1) is 13.8 Å². The van der Waals surface area contributed by atoms with Crippen LogP contribution in [0.1, 0.15) is 40.2 Å². The van der Waals surface area contributed by atoms with E-state index in [-0.39, 0.29) is 5.91 Å². The maximum Gasteiger partial charge on any atom is 0.251 e. The second-order valence-electron chi connectivity index (χ2n) is 8.23. The van der Waals surface area contributed by atoms with Gasteiger partial charge in [-0.1, -0.05) is 29.8 Å². The summed E-state index contributed by atoms with van der Waals surface area (Å²) in [7, 11) is 0. The van der Waals surface area contributed by atoms with E-state index in [9.17, 15) is 4.79 Å². The highest BCUT2D eigenvalue weighted by Gasteiger charge is 2.11. The molecule has 0 aliphatic carbocycles. The Morgan fingerprint density at radius 2 is 1.85 bits per heavy atom. The summed E-state index contributed by atoms with van der Waals surface area (Å²) in [4.78, 5) is 21.1. The van der Waals surface area contributed by atoms with Crippen LogP contribution in [0.5, 0.6) is 5.75 Å². The Balaban J connectivity index is 1.33. The number of nitrogens with zero attached hydrogens (tertiary/aromatic N) is 3. The Morgan fingerprint density at radius 3 is 2.67 bits per heavy atom. The Bertz CT molecular complexity index is 1220. The molecular weight excluding hydrogens is 412 g/mol. The van der Waals surface area contributed by atoms with E-state index in [0.29, 0.717) is 25.1 Å². The van der Waals surface area contributed by atoms with Crippen LogP contribution < -0.4 is 10.1 Å². The molecule has 0 saturated heterocycles. The lowest BCUT2D eigenvalue weighted by atomic mass is 10.1. The summed E-state index contributed by atoms with van der Waals surface area (Å²) in [5.74, 6) is 1.85. The monoisotopic (exact) mass is 442 g/mol. The number of aryl methyl sites for hydroxylation is 3. The number of nitrogens with one attached hydrogen (secondary N) is 1. The minimum atomic E-state index is -0.0939. The van der Waals surface area contributed by atoms with Crippen molar-refractivity contribution >= 4 is 16.9 Å². The molecular formula is C27H30N4O2. The molecule has 0 fully saturated rings. The molecule has 1 N–H and O–H groups in total. The first-order valence-corrected chi connectivity index (χ1v) is 11.4. The van der Waals surface area contributed by atoms with E-state index in [1.807, 2.05) is 24.3 Å². The molecule has 0 aliphatic heterocycles. The summed E-state index contributed by atoms with van der Waals surface area (Å²) in [5.41, 5.74) is 5.15. The second-order valence-corrected chi connectivity index (χ2v) is 8.23. The average molecular weight is 443 g/mol. The van der Waals surface area contributed by atoms with Crippen molar-refractivity contribution in [3.8, 4) is 5.75 Å². The smallest absolute Gasteiger partial charge is 0.251 e. The fourth-order valence-electron chi connectivity index (χ4n) is 3.97. The fourth-order valence-corrected chi connectivity index (χ4v) is 3.97. The molecule has 6 nitrogen and oxygen atoms in total. The van der Waals surface area contributed by atoms with Gasteiger partial charge in [-0.05, 0) is 62.6 Å². The maximum absolute atomic E-state index is 12.3. The van der Waals surface area contributed by atoms with Crippen LogP contribution in [0.3, 0.4) is 0 Å². The van der Waals surface area contributed by atoms with Crippen LogP contribution in [0.15, 0.2) is 67.0 Å². The van der Waals surface area contributed by atoms with Crippen molar-refractivity contribution in [3.63, 3.8) is 0 Å². The van der Waals surface area contributed by atoms with Crippen molar-refractivity contribution in [1.29, 1.82) is 0 Å². The fraction of sp³-hybridized carbons (Fsp3) is 0.296. The number of pyridine rings is 1. The molecule has 6 heteroatoms. The minimum absolute atomic E-state index is 0.0939. The number of carbonyl (C=O) groups is 1. The zero-order valence-corrected chi connectivity index (χ0v) is 19.3. The van der Waals surface area contributed by atoms with Crippen molar-refractivity contribution in [2.24, 2.45) is 0 Å². The van der Waals surface area contributed by atoms with E-state index in [0.717, 1.165) is 42.0 Å². The van der Waals surface area contributed by atoms with E-state index in [1.54, 1.807) is 24.5 Å². The summed E-state index contributed by atoms with van der Waals surface area (Å²) in [6.45, 7) is 6.26. The number of hydrogen-bond acceptors (Lipinski definition) is 4. The Kier molecular flexibility index (Phi) is 7.35. The number of imidazole rings is 1. The second kappa shape index (κ2) is 10.8. The lowest BCUT2D eigenvalue weighted by molar-refractivity contribution is 0.0954. The zero-order valence-electron chi connectivity index (χ0n) is 19.3. The normalized spacial score (nSPS) is 11.0. The first kappa shape index (κ1) is 22.5. The number of amides is 1. The molecule has 1 amide bonds. The van der Waals surface area contributed by atoms with Crippen LogP contribution in [0.25, 0.3) is 11.0 Å². The Hall–Kier alpha value is -3.67. The van der Waals surface area contributed by atoms with Crippen LogP contribution in [0.2, 0.25) is 0 Å². The van der Waals surface area contributed by atoms with E-state index >= 15 is 0 Å². The molecule has 0 aliphatic rings. The third-order valence-electron chi connectivity index (χ3n) is 5.67. The first-order valence-electron chi connectivity index (χ1n) is 11.4. The Morgan fingerprint density at radius 1 is 1.03 bits per heavy atom. The average Bonchev–Trinajstić information content (AvgIpc) is 3.18. The van der Waals surface area contributed by atoms with E-state index in [4.69, 9.17) is 9.72 Å². The van der Waals surface area contributed by atoms with Crippen LogP contribution in [0.4, 0.5) is 0 Å². The minimum Gasteiger partial charge on any atom is -0.493 e. The van der Waals surface area contributed by atoms with Gasteiger partial charge in [0.25, 0.3) is 5.91 Å². The molecule has 2 heterocycles. The predicted octanol–water partition coefficient (Wildman–Crippen LogP) is 4.88. The summed E-state index contributed by atoms with van der Waals surface area (Å²) < 4.78 is 8.25. The van der Waals surface area contributed by atoms with Gasteiger partial charge in [0, 0.05) is 37.5 Å². The summed E-state index contributed by atoms with van der Waals surface area (Å²) in [6.07, 6.45) is 5.86. The summed E-state index contributed by atoms with van der Waals surface area (Å²) in [5, 5.41) is 2.98. The number of aromatic nitrogens is 3. The van der Waals surface area contributed by atoms with Gasteiger partial charge in [-0.25, -0.2) is 4.98 Å². The summed E-state index contributed by atoms with van der Waals surface area (Å²) in [6, 6.07) is 17.9. The van der Waals surface area contributed by atoms with E-state index in [2.05, 4.69) is 46.9 Å². The molecule has 0 atom stereocenters. The zero-order chi connectivity index (χ0) is 23.0. The molecule has 2 aromatic carbocycles. The lowest BCUT2D eigenvalue weighted by Crippen LogP contribution is -2.26. The number of para-hydroxylation sites is 2. The van der Waals surface area contributed by atoms with Gasteiger partial charge in [0.05, 0.1) is 17.6 Å². The maximum atomic E-state index is 12.3. The van der Waals surface area contributed by atoms with Crippen LogP contribution >= 0.6 is 0 Å². The quantitative estimate of drug-likeness (QED) is 0.356. The largest absolute Gasteiger partial charge is 0.493 e. The standard InChI is InChI=1S/C27H30N4O2/c1-20-9-10-25(21(2)19-20)33-18-6-5-17-31-24-8-4-3-7-23(24)30-26(31)13-16-29-27(32)22-11-14-28-15-12-22/h3-4,7-12,14-15,19H,5-6,13,16-18H2,1-2H3,(H,29,32). The van der Waals surface area contributed by atoms with Gasteiger partial charge in [0.15, 0.2) is 0 Å². The molecule has 0 saturated carbocycles. The third kappa shape index (κ3) is 5.77. The van der Waals surface area contributed by atoms with Gasteiger partial charge in [-0.15, -0.1) is 0 Å². The first-order chi connectivity index (χ1) is 16.1. The lowest BCUT2D eigenvalue weighted by Gasteiger charge is -2.12. The van der Waals surface area contributed by atoms with Crippen molar-refractivity contribution in [3.05, 3.63) is 89.5 Å². The van der Waals surface area contributed by atoms with E-state index in [1.165, 1.54) is 11.1 Å². The molecule has 4 rings (SSSR count). The van der Waals surface area contributed by atoms with Crippen LogP contribution in [-0.2, 0) is 13.0 Å². The van der Waals surface area contributed by atoms with Gasteiger partial charge in [0.1, 0.15) is 11.6 Å².